The first-order valence-corrected chi connectivity index (χ1v) is 10.9. The molecule has 6 heteroatoms. The van der Waals surface area contributed by atoms with E-state index in [1.807, 2.05) is 11.0 Å². The van der Waals surface area contributed by atoms with Crippen LogP contribution in [0.2, 0.25) is 0 Å². The van der Waals surface area contributed by atoms with Crippen LogP contribution >= 0.6 is 0 Å². The summed E-state index contributed by atoms with van der Waals surface area (Å²) in [6, 6.07) is 10.6. The van der Waals surface area contributed by atoms with E-state index in [4.69, 9.17) is 0 Å². The fourth-order valence-corrected chi connectivity index (χ4v) is 4.01. The highest BCUT2D eigenvalue weighted by Crippen LogP contribution is 2.22. The van der Waals surface area contributed by atoms with Crippen LogP contribution in [0.5, 0.6) is 0 Å². The second kappa shape index (κ2) is 10.9. The first-order valence-electron chi connectivity index (χ1n) is 10.9. The lowest BCUT2D eigenvalue weighted by molar-refractivity contribution is -0.132. The van der Waals surface area contributed by atoms with Crippen molar-refractivity contribution in [3.63, 3.8) is 0 Å². The lowest BCUT2D eigenvalue weighted by Gasteiger charge is -2.33. The van der Waals surface area contributed by atoms with E-state index in [1.54, 1.807) is 11.1 Å². The van der Waals surface area contributed by atoms with Gasteiger partial charge in [-0.1, -0.05) is 44.2 Å². The topological polar surface area (TPSA) is 66.4 Å². The van der Waals surface area contributed by atoms with Crippen LogP contribution in [0.15, 0.2) is 48.9 Å². The monoisotopic (exact) mass is 408 g/mol. The highest BCUT2D eigenvalue weighted by molar-refractivity contribution is 5.92. The minimum Gasteiger partial charge on any atom is -0.343 e. The number of amides is 2. The molecule has 0 N–H and O–H groups in total. The zero-order valence-electron chi connectivity index (χ0n) is 18.0. The molecule has 6 nitrogen and oxygen atoms in total. The van der Waals surface area contributed by atoms with Crippen molar-refractivity contribution in [2.45, 2.75) is 39.5 Å². The first-order chi connectivity index (χ1) is 14.5. The minimum absolute atomic E-state index is 0.133. The standard InChI is InChI=1S/C24H32N4O2/c1-19(2)18-28(24(30)22-17-25-11-12-26-22)15-10-23(29)27-13-8-21(9-14-27)16-20-6-4-3-5-7-20/h3-7,11-12,17,19,21H,8-10,13-16,18H2,1-2H3. The van der Waals surface area contributed by atoms with Gasteiger partial charge in [-0.15, -0.1) is 0 Å². The molecule has 0 aliphatic carbocycles. The minimum atomic E-state index is -0.161. The van der Waals surface area contributed by atoms with E-state index in [0.717, 1.165) is 32.4 Å². The summed E-state index contributed by atoms with van der Waals surface area (Å²) >= 11 is 0. The number of hydrogen-bond acceptors (Lipinski definition) is 4. The maximum Gasteiger partial charge on any atom is 0.274 e. The van der Waals surface area contributed by atoms with E-state index in [2.05, 4.69) is 48.1 Å². The lowest BCUT2D eigenvalue weighted by atomic mass is 9.90. The Hall–Kier alpha value is -2.76. The number of carbonyl (C=O) groups excluding carboxylic acids is 2. The number of nitrogens with zero attached hydrogens (tertiary/aromatic N) is 4. The number of benzene rings is 1. The van der Waals surface area contributed by atoms with Crippen molar-refractivity contribution < 1.29 is 9.59 Å². The van der Waals surface area contributed by atoms with Crippen LogP contribution in [0.4, 0.5) is 0 Å². The molecule has 1 aromatic carbocycles. The average Bonchev–Trinajstić information content (AvgIpc) is 2.77. The molecule has 0 atom stereocenters. The van der Waals surface area contributed by atoms with Crippen LogP contribution in [-0.2, 0) is 11.2 Å². The molecule has 1 aliphatic rings. The highest BCUT2D eigenvalue weighted by atomic mass is 16.2. The molecule has 1 fully saturated rings. The van der Waals surface area contributed by atoms with Gasteiger partial charge in [0.05, 0.1) is 6.20 Å². The predicted octanol–water partition coefficient (Wildman–Crippen LogP) is 3.45. The van der Waals surface area contributed by atoms with Gasteiger partial charge in [0.2, 0.25) is 5.91 Å². The van der Waals surface area contributed by atoms with E-state index >= 15 is 0 Å². The van der Waals surface area contributed by atoms with Gasteiger partial charge in [0.15, 0.2) is 0 Å². The fraction of sp³-hybridized carbons (Fsp3) is 0.500. The largest absolute Gasteiger partial charge is 0.343 e. The van der Waals surface area contributed by atoms with Gasteiger partial charge < -0.3 is 9.80 Å². The van der Waals surface area contributed by atoms with Gasteiger partial charge in [0.1, 0.15) is 5.69 Å². The molecule has 0 radical (unpaired) electrons. The smallest absolute Gasteiger partial charge is 0.274 e. The van der Waals surface area contributed by atoms with Crippen LogP contribution in [0.3, 0.4) is 0 Å². The van der Waals surface area contributed by atoms with Gasteiger partial charge in [-0.2, -0.15) is 0 Å². The summed E-state index contributed by atoms with van der Waals surface area (Å²) in [6.07, 6.45) is 8.05. The second-order valence-electron chi connectivity index (χ2n) is 8.50. The Labute approximate surface area is 179 Å². The van der Waals surface area contributed by atoms with E-state index in [9.17, 15) is 9.59 Å². The molecule has 0 unspecified atom stereocenters. The molecule has 2 amide bonds. The van der Waals surface area contributed by atoms with Gasteiger partial charge in [0, 0.05) is 45.0 Å². The van der Waals surface area contributed by atoms with E-state index < -0.39 is 0 Å². The van der Waals surface area contributed by atoms with Crippen molar-refractivity contribution >= 4 is 11.8 Å². The molecule has 1 aromatic heterocycles. The molecule has 3 rings (SSSR count). The Morgan fingerprint density at radius 1 is 1.13 bits per heavy atom. The van der Waals surface area contributed by atoms with Gasteiger partial charge in [0.25, 0.3) is 5.91 Å². The van der Waals surface area contributed by atoms with Crippen LogP contribution in [0.25, 0.3) is 0 Å². The third-order valence-electron chi connectivity index (χ3n) is 5.59. The molecule has 30 heavy (non-hydrogen) atoms. The van der Waals surface area contributed by atoms with Crippen molar-refractivity contribution in [1.82, 2.24) is 19.8 Å². The van der Waals surface area contributed by atoms with Crippen molar-refractivity contribution in [3.05, 3.63) is 60.2 Å². The van der Waals surface area contributed by atoms with Crippen LogP contribution in [0.1, 0.15) is 49.2 Å². The lowest BCUT2D eigenvalue weighted by Crippen LogP contribution is -2.42. The number of carbonyl (C=O) groups is 2. The molecule has 0 spiro atoms. The van der Waals surface area contributed by atoms with Crippen LogP contribution in [-0.4, -0.2) is 57.8 Å². The SMILES string of the molecule is CC(C)CN(CCC(=O)N1CCC(Cc2ccccc2)CC1)C(=O)c1cnccn1. The summed E-state index contributed by atoms with van der Waals surface area (Å²) in [6.45, 7) is 6.75. The average molecular weight is 409 g/mol. The maximum absolute atomic E-state index is 12.8. The molecule has 2 heterocycles. The Morgan fingerprint density at radius 3 is 2.50 bits per heavy atom. The number of rotatable bonds is 8. The molecule has 1 saturated heterocycles. The quantitative estimate of drug-likeness (QED) is 0.671. The summed E-state index contributed by atoms with van der Waals surface area (Å²) in [5.74, 6) is 0.918. The van der Waals surface area contributed by atoms with Crippen molar-refractivity contribution in [3.8, 4) is 0 Å². The second-order valence-corrected chi connectivity index (χ2v) is 8.50. The molecular weight excluding hydrogens is 376 g/mol. The van der Waals surface area contributed by atoms with Crippen molar-refractivity contribution in [2.75, 3.05) is 26.2 Å². The summed E-state index contributed by atoms with van der Waals surface area (Å²) in [7, 11) is 0. The summed E-state index contributed by atoms with van der Waals surface area (Å²) < 4.78 is 0. The summed E-state index contributed by atoms with van der Waals surface area (Å²) in [5.41, 5.74) is 1.70. The third kappa shape index (κ3) is 6.37. The number of likely N-dealkylation sites (tertiary alicyclic amines) is 1. The van der Waals surface area contributed by atoms with E-state index in [1.165, 1.54) is 18.0 Å². The predicted molar refractivity (Wildman–Crippen MR) is 117 cm³/mol. The summed E-state index contributed by atoms with van der Waals surface area (Å²) in [5, 5.41) is 0. The molecule has 2 aromatic rings. The fourth-order valence-electron chi connectivity index (χ4n) is 4.01. The van der Waals surface area contributed by atoms with Crippen molar-refractivity contribution in [1.29, 1.82) is 0 Å². The third-order valence-corrected chi connectivity index (χ3v) is 5.59. The molecule has 160 valence electrons. The Bertz CT molecular complexity index is 802. The molecule has 1 aliphatic heterocycles. The highest BCUT2D eigenvalue weighted by Gasteiger charge is 2.25. The number of piperidine rings is 1. The Morgan fingerprint density at radius 2 is 1.87 bits per heavy atom. The number of hydrogen-bond donors (Lipinski definition) is 0. The van der Waals surface area contributed by atoms with Gasteiger partial charge >= 0.3 is 0 Å². The number of aromatic nitrogens is 2. The van der Waals surface area contributed by atoms with E-state index in [-0.39, 0.29) is 11.8 Å². The van der Waals surface area contributed by atoms with E-state index in [0.29, 0.717) is 37.0 Å². The molecular formula is C24H32N4O2. The normalized spacial score (nSPS) is 14.7. The van der Waals surface area contributed by atoms with Crippen LogP contribution < -0.4 is 0 Å². The first kappa shape index (κ1) is 21.9. The molecule has 0 saturated carbocycles. The zero-order chi connectivity index (χ0) is 21.3. The van der Waals surface area contributed by atoms with Gasteiger partial charge in [-0.05, 0) is 36.7 Å². The maximum atomic E-state index is 12.8. The summed E-state index contributed by atoms with van der Waals surface area (Å²) in [4.78, 5) is 37.4. The Kier molecular flexibility index (Phi) is 7.94. The molecule has 0 bridgehead atoms. The van der Waals surface area contributed by atoms with Crippen LogP contribution in [0, 0.1) is 11.8 Å². The van der Waals surface area contributed by atoms with Gasteiger partial charge in [-0.3, -0.25) is 14.6 Å². The van der Waals surface area contributed by atoms with Crippen molar-refractivity contribution in [2.24, 2.45) is 11.8 Å². The zero-order valence-corrected chi connectivity index (χ0v) is 18.0. The Balaban J connectivity index is 1.49. The van der Waals surface area contributed by atoms with Gasteiger partial charge in [-0.25, -0.2) is 4.98 Å².